The van der Waals surface area contributed by atoms with Crippen molar-refractivity contribution in [1.82, 2.24) is 14.5 Å². The number of carbonyl (C=O) groups is 1. The van der Waals surface area contributed by atoms with E-state index in [1.165, 1.54) is 10.9 Å². The average Bonchev–Trinajstić information content (AvgIpc) is 3.01. The summed E-state index contributed by atoms with van der Waals surface area (Å²) in [7, 11) is 0. The monoisotopic (exact) mass is 305 g/mol. The number of imidazole rings is 1. The van der Waals surface area contributed by atoms with E-state index in [0.717, 1.165) is 5.56 Å². The molecule has 6 heteroatoms. The fraction of sp³-hybridized carbons (Fsp3) is 0.333. The lowest BCUT2D eigenvalue weighted by atomic mass is 10.1. The van der Waals surface area contributed by atoms with Crippen LogP contribution in [0.5, 0.6) is 0 Å². The van der Waals surface area contributed by atoms with Gasteiger partial charge in [0, 0.05) is 5.56 Å². The Bertz CT molecular complexity index is 667. The van der Waals surface area contributed by atoms with Crippen LogP contribution in [-0.4, -0.2) is 39.4 Å². The second-order valence-corrected chi connectivity index (χ2v) is 5.98. The van der Waals surface area contributed by atoms with E-state index in [1.54, 1.807) is 4.90 Å². The molecule has 21 heavy (non-hydrogen) atoms. The number of halogens is 1. The van der Waals surface area contributed by atoms with E-state index in [9.17, 15) is 4.79 Å². The fourth-order valence-electron chi connectivity index (χ4n) is 2.34. The summed E-state index contributed by atoms with van der Waals surface area (Å²) in [5, 5.41) is 0.314. The van der Waals surface area contributed by atoms with E-state index >= 15 is 0 Å². The minimum absolute atomic E-state index is 0.225. The zero-order valence-electron chi connectivity index (χ0n) is 11.9. The predicted molar refractivity (Wildman–Crippen MR) is 80.2 cm³/mol. The summed E-state index contributed by atoms with van der Waals surface area (Å²) in [6.45, 7) is 4.69. The van der Waals surface area contributed by atoms with Crippen molar-refractivity contribution in [1.29, 1.82) is 0 Å². The maximum Gasteiger partial charge on any atom is 0.332 e. The molecule has 3 rings (SSSR count). The number of rotatable bonds is 1. The van der Waals surface area contributed by atoms with Crippen LogP contribution in [0.3, 0.4) is 0 Å². The van der Waals surface area contributed by atoms with Crippen LogP contribution >= 0.6 is 11.6 Å². The zero-order valence-corrected chi connectivity index (χ0v) is 12.7. The highest BCUT2D eigenvalue weighted by atomic mass is 35.5. The van der Waals surface area contributed by atoms with Crippen LogP contribution < -0.4 is 0 Å². The third-order valence-electron chi connectivity index (χ3n) is 3.60. The molecule has 1 fully saturated rings. The molecule has 5 nitrogen and oxygen atoms in total. The normalized spacial score (nSPS) is 17.2. The first kappa shape index (κ1) is 14.1. The summed E-state index contributed by atoms with van der Waals surface area (Å²) in [6.07, 6.45) is 1.46. The molecule has 110 valence electrons. The minimum atomic E-state index is -0.350. The van der Waals surface area contributed by atoms with Gasteiger partial charge < -0.3 is 4.74 Å². The summed E-state index contributed by atoms with van der Waals surface area (Å²) < 4.78 is 6.74. The summed E-state index contributed by atoms with van der Waals surface area (Å²) in [6, 6.07) is 9.33. The smallest absolute Gasteiger partial charge is 0.332 e. The first-order chi connectivity index (χ1) is 10.0. The van der Waals surface area contributed by atoms with E-state index in [2.05, 4.69) is 4.98 Å². The number of benzene rings is 1. The van der Waals surface area contributed by atoms with Crippen molar-refractivity contribution in [2.75, 3.05) is 13.3 Å². The van der Waals surface area contributed by atoms with Crippen LogP contribution in [0.1, 0.15) is 13.8 Å². The summed E-state index contributed by atoms with van der Waals surface area (Å²) in [4.78, 5) is 18.5. The van der Waals surface area contributed by atoms with Gasteiger partial charge in [-0.1, -0.05) is 41.9 Å². The van der Waals surface area contributed by atoms with Crippen LogP contribution in [0.15, 0.2) is 36.7 Å². The lowest BCUT2D eigenvalue weighted by molar-refractivity contribution is 0.140. The van der Waals surface area contributed by atoms with E-state index in [-0.39, 0.29) is 18.3 Å². The van der Waals surface area contributed by atoms with Crippen LogP contribution in [0.2, 0.25) is 5.15 Å². The Balaban J connectivity index is 1.94. The third kappa shape index (κ3) is 2.43. The highest BCUT2D eigenvalue weighted by molar-refractivity contribution is 6.33. The van der Waals surface area contributed by atoms with E-state index in [1.807, 2.05) is 44.2 Å². The molecule has 0 spiro atoms. The molecule has 0 bridgehead atoms. The van der Waals surface area contributed by atoms with Crippen molar-refractivity contribution >= 4 is 17.6 Å². The van der Waals surface area contributed by atoms with Gasteiger partial charge in [0.05, 0.1) is 12.1 Å². The number of amides is 1. The van der Waals surface area contributed by atoms with Gasteiger partial charge in [-0.15, -0.1) is 0 Å². The van der Waals surface area contributed by atoms with Gasteiger partial charge in [0.15, 0.2) is 0 Å². The molecule has 1 aromatic carbocycles. The highest BCUT2D eigenvalue weighted by Crippen LogP contribution is 2.29. The Labute approximate surface area is 128 Å². The molecule has 1 aliphatic rings. The van der Waals surface area contributed by atoms with Gasteiger partial charge in [0.25, 0.3) is 0 Å². The van der Waals surface area contributed by atoms with Gasteiger partial charge in [-0.3, -0.25) is 4.90 Å². The van der Waals surface area contributed by atoms with Crippen LogP contribution in [-0.2, 0) is 4.74 Å². The lowest BCUT2D eigenvalue weighted by Gasteiger charge is -2.28. The quantitative estimate of drug-likeness (QED) is 0.812. The Morgan fingerprint density at radius 3 is 2.67 bits per heavy atom. The minimum Gasteiger partial charge on any atom is -0.359 e. The average molecular weight is 306 g/mol. The SMILES string of the molecule is CC1(C)COCN1C(=O)n1cnc(-c2ccccc2)c1Cl. The van der Waals surface area contributed by atoms with E-state index in [0.29, 0.717) is 17.5 Å². The molecule has 1 aromatic heterocycles. The topological polar surface area (TPSA) is 47.4 Å². The molecule has 1 amide bonds. The van der Waals surface area contributed by atoms with Crippen LogP contribution in [0.4, 0.5) is 4.79 Å². The zero-order chi connectivity index (χ0) is 15.0. The summed E-state index contributed by atoms with van der Waals surface area (Å²) in [5.41, 5.74) is 1.13. The fourth-order valence-corrected chi connectivity index (χ4v) is 2.61. The van der Waals surface area contributed by atoms with Crippen molar-refractivity contribution < 1.29 is 9.53 Å². The highest BCUT2D eigenvalue weighted by Gasteiger charge is 2.38. The van der Waals surface area contributed by atoms with Gasteiger partial charge in [-0.2, -0.15) is 0 Å². The maximum absolute atomic E-state index is 12.6. The second kappa shape index (κ2) is 5.16. The number of nitrogens with zero attached hydrogens (tertiary/aromatic N) is 3. The number of ether oxygens (including phenoxy) is 1. The molecule has 0 aliphatic carbocycles. The largest absolute Gasteiger partial charge is 0.359 e. The molecule has 0 saturated carbocycles. The van der Waals surface area contributed by atoms with Crippen molar-refractivity contribution in [3.8, 4) is 11.3 Å². The lowest BCUT2D eigenvalue weighted by Crippen LogP contribution is -2.46. The molecule has 0 radical (unpaired) electrons. The first-order valence-corrected chi connectivity index (χ1v) is 7.06. The van der Waals surface area contributed by atoms with Gasteiger partial charge in [-0.25, -0.2) is 14.3 Å². The molecule has 0 N–H and O–H groups in total. The molecule has 0 atom stereocenters. The second-order valence-electron chi connectivity index (χ2n) is 5.62. The molecular weight excluding hydrogens is 290 g/mol. The van der Waals surface area contributed by atoms with E-state index < -0.39 is 0 Å². The third-order valence-corrected chi connectivity index (χ3v) is 3.96. The summed E-state index contributed by atoms with van der Waals surface area (Å²) in [5.74, 6) is 0. The van der Waals surface area contributed by atoms with Gasteiger partial charge in [0.1, 0.15) is 23.9 Å². The standard InChI is InChI=1S/C15H16ClN3O2/c1-15(2)8-21-10-19(15)14(20)18-9-17-12(13(18)16)11-6-4-3-5-7-11/h3-7,9H,8,10H2,1-2H3. The van der Waals surface area contributed by atoms with Crippen LogP contribution in [0.25, 0.3) is 11.3 Å². The number of aromatic nitrogens is 2. The Kier molecular flexibility index (Phi) is 3.47. The van der Waals surface area contributed by atoms with Crippen molar-refractivity contribution in [2.24, 2.45) is 0 Å². The van der Waals surface area contributed by atoms with E-state index in [4.69, 9.17) is 16.3 Å². The van der Waals surface area contributed by atoms with Crippen molar-refractivity contribution in [3.63, 3.8) is 0 Å². The summed E-state index contributed by atoms with van der Waals surface area (Å²) >= 11 is 6.34. The Morgan fingerprint density at radius 2 is 2.05 bits per heavy atom. The van der Waals surface area contributed by atoms with Crippen molar-refractivity contribution in [2.45, 2.75) is 19.4 Å². The maximum atomic E-state index is 12.6. The molecule has 1 aliphatic heterocycles. The first-order valence-electron chi connectivity index (χ1n) is 6.69. The Hall–Kier alpha value is -1.85. The van der Waals surface area contributed by atoms with Gasteiger partial charge in [0.2, 0.25) is 0 Å². The molecule has 2 heterocycles. The van der Waals surface area contributed by atoms with Gasteiger partial charge >= 0.3 is 6.03 Å². The molecule has 1 saturated heterocycles. The number of hydrogen-bond acceptors (Lipinski definition) is 3. The molecule has 2 aromatic rings. The molecular formula is C15H16ClN3O2. The van der Waals surface area contributed by atoms with Gasteiger partial charge in [-0.05, 0) is 13.8 Å². The number of hydrogen-bond donors (Lipinski definition) is 0. The predicted octanol–water partition coefficient (Wildman–Crippen LogP) is 3.24. The number of carbonyl (C=O) groups excluding carboxylic acids is 1. The molecule has 0 unspecified atom stereocenters. The van der Waals surface area contributed by atoms with Crippen LogP contribution in [0, 0.1) is 0 Å². The van der Waals surface area contributed by atoms with Crippen molar-refractivity contribution in [3.05, 3.63) is 41.8 Å². The Morgan fingerprint density at radius 1 is 1.33 bits per heavy atom.